The second-order valence-electron chi connectivity index (χ2n) is 5.23. The van der Waals surface area contributed by atoms with Crippen LogP contribution < -0.4 is 4.90 Å². The van der Waals surface area contributed by atoms with Gasteiger partial charge in [0.15, 0.2) is 0 Å². The zero-order chi connectivity index (χ0) is 12.5. The Bertz CT molecular complexity index is 436. The van der Waals surface area contributed by atoms with Gasteiger partial charge >= 0.3 is 0 Å². The molecule has 2 heterocycles. The van der Waals surface area contributed by atoms with Gasteiger partial charge in [-0.15, -0.1) is 0 Å². The lowest BCUT2D eigenvalue weighted by Gasteiger charge is -2.44. The topological polar surface area (TPSA) is 6.48 Å². The fourth-order valence-corrected chi connectivity index (χ4v) is 3.10. The van der Waals surface area contributed by atoms with Gasteiger partial charge in [-0.3, -0.25) is 4.90 Å². The average Bonchev–Trinajstić information content (AvgIpc) is 2.41. The summed E-state index contributed by atoms with van der Waals surface area (Å²) in [4.78, 5) is 4.47. The molecule has 0 bridgehead atoms. The highest BCUT2D eigenvalue weighted by molar-refractivity contribution is 5.48. The Morgan fingerprint density at radius 2 is 1.94 bits per heavy atom. The Morgan fingerprint density at radius 1 is 1.06 bits per heavy atom. The summed E-state index contributed by atoms with van der Waals surface area (Å²) in [6, 6.07) is 4.22. The molecule has 2 saturated heterocycles. The van der Waals surface area contributed by atoms with Gasteiger partial charge in [-0.25, -0.2) is 8.78 Å². The van der Waals surface area contributed by atoms with Gasteiger partial charge in [0.05, 0.1) is 5.69 Å². The lowest BCUT2D eigenvalue weighted by molar-refractivity contribution is 0.133. The van der Waals surface area contributed by atoms with E-state index in [2.05, 4.69) is 4.90 Å². The molecule has 3 rings (SSSR count). The Hall–Kier alpha value is -1.16. The predicted octanol–water partition coefficient (Wildman–Crippen LogP) is 2.64. The Kier molecular flexibility index (Phi) is 3.20. The monoisotopic (exact) mass is 252 g/mol. The molecule has 1 aromatic rings. The molecule has 1 unspecified atom stereocenters. The number of nitrogens with zero attached hydrogens (tertiary/aromatic N) is 2. The van der Waals surface area contributed by atoms with E-state index in [0.29, 0.717) is 11.7 Å². The van der Waals surface area contributed by atoms with E-state index in [-0.39, 0.29) is 11.6 Å². The molecule has 0 radical (unpaired) electrons. The van der Waals surface area contributed by atoms with Gasteiger partial charge in [0.25, 0.3) is 0 Å². The van der Waals surface area contributed by atoms with Crippen LogP contribution >= 0.6 is 0 Å². The Balaban J connectivity index is 1.79. The van der Waals surface area contributed by atoms with Gasteiger partial charge in [-0.2, -0.15) is 0 Å². The zero-order valence-corrected chi connectivity index (χ0v) is 10.4. The minimum absolute atomic E-state index is 0.319. The SMILES string of the molecule is Fc1ccc(F)c(N2CCN3CCCCC3C2)c1. The highest BCUT2D eigenvalue weighted by Crippen LogP contribution is 2.27. The molecule has 4 heteroatoms. The third-order valence-corrected chi connectivity index (χ3v) is 4.09. The van der Waals surface area contributed by atoms with E-state index in [0.717, 1.165) is 26.2 Å². The van der Waals surface area contributed by atoms with Crippen molar-refractivity contribution in [2.45, 2.75) is 25.3 Å². The number of benzene rings is 1. The number of hydrogen-bond donors (Lipinski definition) is 0. The molecule has 0 N–H and O–H groups in total. The third kappa shape index (κ3) is 2.21. The van der Waals surface area contributed by atoms with Crippen LogP contribution in [0, 0.1) is 11.6 Å². The van der Waals surface area contributed by atoms with Gasteiger partial charge < -0.3 is 4.90 Å². The van der Waals surface area contributed by atoms with Gasteiger partial charge in [-0.05, 0) is 31.5 Å². The molecule has 0 spiro atoms. The van der Waals surface area contributed by atoms with Crippen LogP contribution in [0.25, 0.3) is 0 Å². The number of halogens is 2. The van der Waals surface area contributed by atoms with Gasteiger partial charge in [0.2, 0.25) is 0 Å². The smallest absolute Gasteiger partial charge is 0.146 e. The average molecular weight is 252 g/mol. The van der Waals surface area contributed by atoms with Crippen molar-refractivity contribution in [1.29, 1.82) is 0 Å². The van der Waals surface area contributed by atoms with E-state index in [1.165, 1.54) is 37.5 Å². The molecule has 18 heavy (non-hydrogen) atoms. The summed E-state index contributed by atoms with van der Waals surface area (Å²) in [6.45, 7) is 3.72. The van der Waals surface area contributed by atoms with Crippen molar-refractivity contribution in [2.24, 2.45) is 0 Å². The summed E-state index contributed by atoms with van der Waals surface area (Å²) in [5.41, 5.74) is 0.417. The van der Waals surface area contributed by atoms with Crippen molar-refractivity contribution in [2.75, 3.05) is 31.1 Å². The molecule has 2 nitrogen and oxygen atoms in total. The van der Waals surface area contributed by atoms with Crippen molar-refractivity contribution < 1.29 is 8.78 Å². The van der Waals surface area contributed by atoms with Crippen molar-refractivity contribution >= 4 is 5.69 Å². The molecule has 1 aromatic carbocycles. The minimum atomic E-state index is -0.363. The molecule has 0 amide bonds. The zero-order valence-electron chi connectivity index (χ0n) is 10.4. The summed E-state index contributed by atoms with van der Waals surface area (Å²) in [7, 11) is 0. The van der Waals surface area contributed by atoms with E-state index in [9.17, 15) is 8.78 Å². The van der Waals surface area contributed by atoms with Crippen LogP contribution in [0.15, 0.2) is 18.2 Å². The van der Waals surface area contributed by atoms with E-state index >= 15 is 0 Å². The molecular formula is C14H18F2N2. The molecule has 0 aliphatic carbocycles. The number of rotatable bonds is 1. The fourth-order valence-electron chi connectivity index (χ4n) is 3.10. The van der Waals surface area contributed by atoms with Crippen LogP contribution in [0.5, 0.6) is 0 Å². The van der Waals surface area contributed by atoms with Gasteiger partial charge in [-0.1, -0.05) is 6.42 Å². The summed E-state index contributed by atoms with van der Waals surface area (Å²) < 4.78 is 27.0. The Labute approximate surface area is 106 Å². The minimum Gasteiger partial charge on any atom is -0.366 e. The number of fused-ring (bicyclic) bond motifs is 1. The maximum Gasteiger partial charge on any atom is 0.146 e. The van der Waals surface area contributed by atoms with Gasteiger partial charge in [0, 0.05) is 31.7 Å². The number of anilines is 1. The van der Waals surface area contributed by atoms with Gasteiger partial charge in [0.1, 0.15) is 11.6 Å². The summed E-state index contributed by atoms with van der Waals surface area (Å²) in [5.74, 6) is -0.682. The van der Waals surface area contributed by atoms with Crippen LogP contribution in [0.3, 0.4) is 0 Å². The van der Waals surface area contributed by atoms with Crippen LogP contribution in [0.1, 0.15) is 19.3 Å². The van der Waals surface area contributed by atoms with E-state index in [1.54, 1.807) is 0 Å². The summed E-state index contributed by atoms with van der Waals surface area (Å²) in [6.07, 6.45) is 3.69. The summed E-state index contributed by atoms with van der Waals surface area (Å²) in [5, 5.41) is 0. The molecule has 0 saturated carbocycles. The van der Waals surface area contributed by atoms with Crippen LogP contribution in [0.2, 0.25) is 0 Å². The molecule has 1 atom stereocenters. The van der Waals surface area contributed by atoms with Crippen LogP contribution in [-0.4, -0.2) is 37.1 Å². The number of hydrogen-bond acceptors (Lipinski definition) is 2. The highest BCUT2D eigenvalue weighted by Gasteiger charge is 2.29. The summed E-state index contributed by atoms with van der Waals surface area (Å²) >= 11 is 0. The normalized spacial score (nSPS) is 25.0. The van der Waals surface area contributed by atoms with Crippen LogP contribution in [0.4, 0.5) is 14.5 Å². The van der Waals surface area contributed by atoms with E-state index < -0.39 is 0 Å². The predicted molar refractivity (Wildman–Crippen MR) is 67.8 cm³/mol. The molecule has 98 valence electrons. The Morgan fingerprint density at radius 3 is 2.83 bits per heavy atom. The first-order valence-corrected chi connectivity index (χ1v) is 6.68. The largest absolute Gasteiger partial charge is 0.366 e. The first-order valence-electron chi connectivity index (χ1n) is 6.68. The third-order valence-electron chi connectivity index (χ3n) is 4.09. The van der Waals surface area contributed by atoms with Crippen molar-refractivity contribution in [3.8, 4) is 0 Å². The van der Waals surface area contributed by atoms with E-state index in [1.807, 2.05) is 4.90 Å². The number of piperazine rings is 1. The molecule has 2 fully saturated rings. The first kappa shape index (κ1) is 11.9. The second-order valence-corrected chi connectivity index (χ2v) is 5.23. The standard InChI is InChI=1S/C14H18F2N2/c15-11-4-5-13(16)14(9-11)18-8-7-17-6-2-1-3-12(17)10-18/h4-5,9,12H,1-3,6-8,10H2. The van der Waals surface area contributed by atoms with Crippen molar-refractivity contribution in [3.05, 3.63) is 29.8 Å². The van der Waals surface area contributed by atoms with E-state index in [4.69, 9.17) is 0 Å². The molecule has 2 aliphatic rings. The lowest BCUT2D eigenvalue weighted by Crippen LogP contribution is -2.55. The molecular weight excluding hydrogens is 234 g/mol. The van der Waals surface area contributed by atoms with Crippen molar-refractivity contribution in [1.82, 2.24) is 4.90 Å². The molecule has 0 aromatic heterocycles. The second kappa shape index (κ2) is 4.84. The maximum atomic E-state index is 13.8. The molecule has 2 aliphatic heterocycles. The maximum absolute atomic E-state index is 13.8. The lowest BCUT2D eigenvalue weighted by atomic mass is 9.99. The fraction of sp³-hybridized carbons (Fsp3) is 0.571. The quantitative estimate of drug-likeness (QED) is 0.758. The highest BCUT2D eigenvalue weighted by atomic mass is 19.1. The van der Waals surface area contributed by atoms with Crippen molar-refractivity contribution in [3.63, 3.8) is 0 Å². The first-order chi connectivity index (χ1) is 8.74. The number of piperidine rings is 1. The van der Waals surface area contributed by atoms with Crippen LogP contribution in [-0.2, 0) is 0 Å².